The van der Waals surface area contributed by atoms with Crippen molar-refractivity contribution in [3.05, 3.63) is 48.2 Å². The van der Waals surface area contributed by atoms with Gasteiger partial charge in [0.15, 0.2) is 0 Å². The van der Waals surface area contributed by atoms with Gasteiger partial charge in [0, 0.05) is 24.7 Å². The van der Waals surface area contributed by atoms with Crippen LogP contribution in [0.25, 0.3) is 11.9 Å². The third-order valence-electron chi connectivity index (χ3n) is 2.26. The van der Waals surface area contributed by atoms with Crippen molar-refractivity contribution in [1.82, 2.24) is 14.5 Å². The number of rotatable bonds is 3. The van der Waals surface area contributed by atoms with Gasteiger partial charge in [0.25, 0.3) is 0 Å². The minimum Gasteiger partial charge on any atom is -0.478 e. The summed E-state index contributed by atoms with van der Waals surface area (Å²) >= 11 is 0. The van der Waals surface area contributed by atoms with Crippen LogP contribution >= 0.6 is 0 Å². The number of hydrogen-bond donors (Lipinski definition) is 1. The van der Waals surface area contributed by atoms with Crippen molar-refractivity contribution in [3.8, 4) is 5.82 Å². The van der Waals surface area contributed by atoms with Crippen molar-refractivity contribution in [3.63, 3.8) is 0 Å². The first-order chi connectivity index (χ1) is 8.16. The van der Waals surface area contributed by atoms with Crippen molar-refractivity contribution in [2.45, 2.75) is 6.92 Å². The molecule has 0 saturated heterocycles. The summed E-state index contributed by atoms with van der Waals surface area (Å²) in [6.45, 7) is 1.89. The zero-order valence-corrected chi connectivity index (χ0v) is 9.24. The summed E-state index contributed by atoms with van der Waals surface area (Å²) in [5, 5.41) is 8.50. The van der Waals surface area contributed by atoms with E-state index in [2.05, 4.69) is 9.97 Å². The van der Waals surface area contributed by atoms with E-state index in [0.717, 1.165) is 23.3 Å². The Bertz CT molecular complexity index is 555. The first-order valence-electron chi connectivity index (χ1n) is 5.04. The Morgan fingerprint density at radius 3 is 2.76 bits per heavy atom. The van der Waals surface area contributed by atoms with Gasteiger partial charge in [-0.15, -0.1) is 0 Å². The number of carbonyl (C=O) groups is 1. The van der Waals surface area contributed by atoms with Crippen molar-refractivity contribution in [2.75, 3.05) is 0 Å². The highest BCUT2D eigenvalue weighted by Gasteiger charge is 2.00. The molecule has 0 aliphatic heterocycles. The van der Waals surface area contributed by atoms with Crippen LogP contribution in [0, 0.1) is 6.92 Å². The molecule has 86 valence electrons. The predicted octanol–water partition coefficient (Wildman–Crippen LogP) is 1.67. The van der Waals surface area contributed by atoms with Crippen molar-refractivity contribution in [1.29, 1.82) is 0 Å². The van der Waals surface area contributed by atoms with E-state index in [1.165, 1.54) is 6.08 Å². The van der Waals surface area contributed by atoms with E-state index in [1.54, 1.807) is 18.5 Å². The highest BCUT2D eigenvalue weighted by atomic mass is 16.4. The molecule has 2 aromatic rings. The lowest BCUT2D eigenvalue weighted by atomic mass is 10.2. The number of carboxylic acids is 1. The average Bonchev–Trinajstić information content (AvgIpc) is 2.73. The van der Waals surface area contributed by atoms with Gasteiger partial charge in [-0.1, -0.05) is 0 Å². The fraction of sp³-hybridized carbons (Fsp3) is 0.0833. The van der Waals surface area contributed by atoms with Gasteiger partial charge in [0.2, 0.25) is 0 Å². The SMILES string of the molecule is Cc1nccn1-c1ccc(/C=C/C(=O)O)cn1. The first-order valence-corrected chi connectivity index (χ1v) is 5.04. The number of hydrogen-bond acceptors (Lipinski definition) is 3. The van der Waals surface area contributed by atoms with Gasteiger partial charge in [-0.3, -0.25) is 4.57 Å². The standard InChI is InChI=1S/C12H11N3O2/c1-9-13-6-7-15(9)11-4-2-10(8-14-11)3-5-12(16)17/h2-8H,1H3,(H,16,17)/b5-3+. The summed E-state index contributed by atoms with van der Waals surface area (Å²) in [6, 6.07) is 3.62. The summed E-state index contributed by atoms with van der Waals surface area (Å²) in [5.74, 6) is 0.637. The summed E-state index contributed by atoms with van der Waals surface area (Å²) in [5.41, 5.74) is 0.744. The van der Waals surface area contributed by atoms with Crippen LogP contribution in [0.3, 0.4) is 0 Å². The zero-order chi connectivity index (χ0) is 12.3. The maximum absolute atomic E-state index is 10.4. The number of pyridine rings is 1. The molecule has 0 radical (unpaired) electrons. The van der Waals surface area contributed by atoms with E-state index in [-0.39, 0.29) is 0 Å². The van der Waals surface area contributed by atoms with Crippen LogP contribution in [0.15, 0.2) is 36.8 Å². The normalized spacial score (nSPS) is 10.9. The average molecular weight is 229 g/mol. The van der Waals surface area contributed by atoms with Crippen LogP contribution in [-0.2, 0) is 4.79 Å². The minimum atomic E-state index is -0.973. The number of imidazole rings is 1. The molecule has 0 aliphatic rings. The molecule has 17 heavy (non-hydrogen) atoms. The molecule has 0 aromatic carbocycles. The maximum Gasteiger partial charge on any atom is 0.328 e. The van der Waals surface area contributed by atoms with Crippen LogP contribution in [0.1, 0.15) is 11.4 Å². The molecule has 2 rings (SSSR count). The topological polar surface area (TPSA) is 68.0 Å². The smallest absolute Gasteiger partial charge is 0.328 e. The summed E-state index contributed by atoms with van der Waals surface area (Å²) in [7, 11) is 0. The molecule has 1 N–H and O–H groups in total. The van der Waals surface area contributed by atoms with Gasteiger partial charge in [0.1, 0.15) is 11.6 Å². The Labute approximate surface area is 98.1 Å². The molecule has 5 nitrogen and oxygen atoms in total. The Morgan fingerprint density at radius 2 is 2.24 bits per heavy atom. The quantitative estimate of drug-likeness (QED) is 0.813. The van der Waals surface area contributed by atoms with Gasteiger partial charge < -0.3 is 5.11 Å². The first kappa shape index (κ1) is 11.1. The van der Waals surface area contributed by atoms with E-state index in [9.17, 15) is 4.79 Å². The molecule has 0 bridgehead atoms. The fourth-order valence-electron chi connectivity index (χ4n) is 1.43. The molecule has 0 atom stereocenters. The third kappa shape index (κ3) is 2.57. The molecule has 0 saturated carbocycles. The van der Waals surface area contributed by atoms with E-state index < -0.39 is 5.97 Å². The predicted molar refractivity (Wildman–Crippen MR) is 62.8 cm³/mol. The number of aliphatic carboxylic acids is 1. The Kier molecular flexibility index (Phi) is 3.00. The van der Waals surface area contributed by atoms with Gasteiger partial charge >= 0.3 is 5.97 Å². The monoisotopic (exact) mass is 229 g/mol. The van der Waals surface area contributed by atoms with Crippen molar-refractivity contribution < 1.29 is 9.90 Å². The Hall–Kier alpha value is -2.43. The second-order valence-corrected chi connectivity index (χ2v) is 3.47. The molecule has 0 unspecified atom stereocenters. The lowest BCUT2D eigenvalue weighted by Gasteiger charge is -2.03. The summed E-state index contributed by atoms with van der Waals surface area (Å²) in [6.07, 6.45) is 7.73. The second-order valence-electron chi connectivity index (χ2n) is 3.47. The molecule has 5 heteroatoms. The molecular weight excluding hydrogens is 218 g/mol. The van der Waals surface area contributed by atoms with Gasteiger partial charge in [-0.2, -0.15) is 0 Å². The molecule has 0 amide bonds. The highest BCUT2D eigenvalue weighted by Crippen LogP contribution is 2.09. The Morgan fingerprint density at radius 1 is 1.41 bits per heavy atom. The van der Waals surface area contributed by atoms with E-state index in [4.69, 9.17) is 5.11 Å². The number of aromatic nitrogens is 3. The van der Waals surface area contributed by atoms with Gasteiger partial charge in [-0.05, 0) is 30.7 Å². The van der Waals surface area contributed by atoms with E-state index in [0.29, 0.717) is 0 Å². The van der Waals surface area contributed by atoms with Crippen molar-refractivity contribution >= 4 is 12.0 Å². The highest BCUT2D eigenvalue weighted by molar-refractivity contribution is 5.85. The molecule has 0 aliphatic carbocycles. The number of nitrogens with zero attached hydrogens (tertiary/aromatic N) is 3. The van der Waals surface area contributed by atoms with Crippen molar-refractivity contribution in [2.24, 2.45) is 0 Å². The molecule has 0 fully saturated rings. The number of carboxylic acid groups (broad SMARTS) is 1. The summed E-state index contributed by atoms with van der Waals surface area (Å²) in [4.78, 5) is 18.7. The van der Waals surface area contributed by atoms with Gasteiger partial charge in [0.05, 0.1) is 0 Å². The fourth-order valence-corrected chi connectivity index (χ4v) is 1.43. The third-order valence-corrected chi connectivity index (χ3v) is 2.26. The van der Waals surface area contributed by atoms with Gasteiger partial charge in [-0.25, -0.2) is 14.8 Å². The lowest BCUT2D eigenvalue weighted by Crippen LogP contribution is -1.98. The van der Waals surface area contributed by atoms with Crippen LogP contribution in [0.2, 0.25) is 0 Å². The number of aryl methyl sites for hydroxylation is 1. The largest absolute Gasteiger partial charge is 0.478 e. The van der Waals surface area contributed by atoms with Crippen LogP contribution in [-0.4, -0.2) is 25.6 Å². The van der Waals surface area contributed by atoms with Crippen LogP contribution < -0.4 is 0 Å². The van der Waals surface area contributed by atoms with Crippen LogP contribution in [0.4, 0.5) is 0 Å². The lowest BCUT2D eigenvalue weighted by molar-refractivity contribution is -0.131. The van der Waals surface area contributed by atoms with E-state index >= 15 is 0 Å². The van der Waals surface area contributed by atoms with Crippen LogP contribution in [0.5, 0.6) is 0 Å². The molecule has 0 spiro atoms. The summed E-state index contributed by atoms with van der Waals surface area (Å²) < 4.78 is 1.85. The maximum atomic E-state index is 10.4. The molecule has 2 heterocycles. The van der Waals surface area contributed by atoms with E-state index in [1.807, 2.05) is 23.8 Å². The molecule has 2 aromatic heterocycles. The Balaban J connectivity index is 2.25. The minimum absolute atomic E-state index is 0.744. The second kappa shape index (κ2) is 4.61. The molecular formula is C12H11N3O2. The zero-order valence-electron chi connectivity index (χ0n) is 9.24.